The summed E-state index contributed by atoms with van der Waals surface area (Å²) in [5, 5.41) is 6.24. The number of carbonyl (C=O) groups is 1. The summed E-state index contributed by atoms with van der Waals surface area (Å²) in [4.78, 5) is 15.2. The van der Waals surface area contributed by atoms with Crippen molar-refractivity contribution in [3.63, 3.8) is 0 Å². The molecule has 2 aliphatic heterocycles. The number of carbonyl (C=O) groups excluding carboxylic acids is 1. The molecule has 2 N–H and O–H groups in total. The molecule has 29 heavy (non-hydrogen) atoms. The second-order valence-corrected chi connectivity index (χ2v) is 8.34. The van der Waals surface area contributed by atoms with E-state index in [0.717, 1.165) is 36.4 Å². The second-order valence-electron chi connectivity index (χ2n) is 8.34. The molecule has 0 aromatic heterocycles. The number of hydrogen-bond donors (Lipinski definition) is 2. The summed E-state index contributed by atoms with van der Waals surface area (Å²) < 4.78 is 5.27. The Morgan fingerprint density at radius 2 is 1.76 bits per heavy atom. The van der Waals surface area contributed by atoms with Crippen molar-refractivity contribution in [2.45, 2.75) is 63.7 Å². The monoisotopic (exact) mass is 393 g/mol. The van der Waals surface area contributed by atoms with Crippen LogP contribution in [-0.2, 0) is 6.54 Å². The van der Waals surface area contributed by atoms with Crippen molar-refractivity contribution >= 4 is 11.7 Å². The lowest BCUT2D eigenvalue weighted by molar-refractivity contribution is 0.0200. The molecule has 2 fully saturated rings. The largest absolute Gasteiger partial charge is 0.497 e. The first-order valence-corrected chi connectivity index (χ1v) is 10.6. The van der Waals surface area contributed by atoms with E-state index < -0.39 is 0 Å². The Bertz CT molecular complexity index is 822. The van der Waals surface area contributed by atoms with Gasteiger partial charge >= 0.3 is 6.03 Å². The molecule has 2 atom stereocenters. The maximum Gasteiger partial charge on any atom is 0.319 e. The molecule has 2 aromatic carbocycles. The van der Waals surface area contributed by atoms with Crippen LogP contribution in [0.4, 0.5) is 10.5 Å². The molecular weight excluding hydrogens is 362 g/mol. The summed E-state index contributed by atoms with van der Waals surface area (Å²) >= 11 is 0. The van der Waals surface area contributed by atoms with Gasteiger partial charge in [0, 0.05) is 30.4 Å². The molecule has 0 aliphatic carbocycles. The van der Waals surface area contributed by atoms with Crippen molar-refractivity contribution < 1.29 is 9.53 Å². The number of nitrogens with zero attached hydrogens (tertiary/aromatic N) is 1. The van der Waals surface area contributed by atoms with Gasteiger partial charge in [-0.25, -0.2) is 4.79 Å². The fourth-order valence-corrected chi connectivity index (χ4v) is 4.85. The van der Waals surface area contributed by atoms with E-state index in [1.165, 1.54) is 24.8 Å². The van der Waals surface area contributed by atoms with Crippen molar-refractivity contribution in [2.24, 2.45) is 0 Å². The molecule has 5 heteroatoms. The van der Waals surface area contributed by atoms with Gasteiger partial charge in [-0.1, -0.05) is 36.8 Å². The van der Waals surface area contributed by atoms with E-state index in [-0.39, 0.29) is 12.1 Å². The Morgan fingerprint density at radius 3 is 2.41 bits per heavy atom. The molecule has 2 bridgehead atoms. The van der Waals surface area contributed by atoms with Crippen molar-refractivity contribution in [1.82, 2.24) is 10.2 Å². The number of piperidine rings is 2. The lowest BCUT2D eigenvalue weighted by Crippen LogP contribution is -2.56. The molecule has 2 aliphatic rings. The number of rotatable bonds is 5. The maximum absolute atomic E-state index is 12.5. The summed E-state index contributed by atoms with van der Waals surface area (Å²) in [5.74, 6) is 0.900. The van der Waals surface area contributed by atoms with E-state index in [9.17, 15) is 4.79 Å². The van der Waals surface area contributed by atoms with Gasteiger partial charge in [-0.05, 0) is 61.9 Å². The van der Waals surface area contributed by atoms with E-state index in [4.69, 9.17) is 4.74 Å². The van der Waals surface area contributed by atoms with Crippen LogP contribution in [0.3, 0.4) is 0 Å². The predicted octanol–water partition coefficient (Wildman–Crippen LogP) is 4.71. The molecule has 0 radical (unpaired) electrons. The van der Waals surface area contributed by atoms with E-state index in [1.54, 1.807) is 7.11 Å². The summed E-state index contributed by atoms with van der Waals surface area (Å²) in [6, 6.07) is 17.5. The van der Waals surface area contributed by atoms with Crippen molar-refractivity contribution in [3.05, 3.63) is 59.7 Å². The Labute approximate surface area is 173 Å². The standard InChI is InChI=1S/C24H31N3O2/c1-17-6-3-4-9-23(17)26-24(28)25-19-14-20-7-5-8-21(15-19)27(20)16-18-10-12-22(29-2)13-11-18/h3-4,6,9-13,19-21H,5,7-8,14-16H2,1-2H3,(H2,25,26,28)/t20-,21-/m0/s1. The topological polar surface area (TPSA) is 53.6 Å². The van der Waals surface area contributed by atoms with Gasteiger partial charge in [0.2, 0.25) is 0 Å². The van der Waals surface area contributed by atoms with Crippen LogP contribution in [0.15, 0.2) is 48.5 Å². The maximum atomic E-state index is 12.5. The van der Waals surface area contributed by atoms with Crippen LogP contribution in [0, 0.1) is 6.92 Å². The first-order chi connectivity index (χ1) is 14.1. The van der Waals surface area contributed by atoms with Crippen LogP contribution in [0.1, 0.15) is 43.2 Å². The predicted molar refractivity (Wildman–Crippen MR) is 116 cm³/mol. The number of fused-ring (bicyclic) bond motifs is 2. The van der Waals surface area contributed by atoms with Gasteiger partial charge in [-0.15, -0.1) is 0 Å². The SMILES string of the molecule is COc1ccc(CN2[C@H]3CCC[C@H]2CC(NC(=O)Nc2ccccc2C)C3)cc1. The molecule has 154 valence electrons. The molecule has 4 rings (SSSR count). The van der Waals surface area contributed by atoms with E-state index in [0.29, 0.717) is 12.1 Å². The van der Waals surface area contributed by atoms with Crippen LogP contribution in [0.5, 0.6) is 5.75 Å². The minimum absolute atomic E-state index is 0.0917. The molecule has 0 spiro atoms. The Hall–Kier alpha value is -2.53. The number of ether oxygens (including phenoxy) is 1. The number of anilines is 1. The fourth-order valence-electron chi connectivity index (χ4n) is 4.85. The summed E-state index contributed by atoms with van der Waals surface area (Å²) in [6.07, 6.45) is 5.76. The highest BCUT2D eigenvalue weighted by atomic mass is 16.5. The van der Waals surface area contributed by atoms with Crippen LogP contribution in [0.2, 0.25) is 0 Å². The number of para-hydroxylation sites is 1. The molecular formula is C24H31N3O2. The van der Waals surface area contributed by atoms with Crippen LogP contribution in [-0.4, -0.2) is 36.2 Å². The normalized spacial score (nSPS) is 24.0. The third-order valence-corrected chi connectivity index (χ3v) is 6.38. The van der Waals surface area contributed by atoms with Crippen LogP contribution >= 0.6 is 0 Å². The lowest BCUT2D eigenvalue weighted by atomic mass is 9.81. The number of methoxy groups -OCH3 is 1. The van der Waals surface area contributed by atoms with Crippen molar-refractivity contribution in [3.8, 4) is 5.75 Å². The summed E-state index contributed by atoms with van der Waals surface area (Å²) in [5.41, 5.74) is 3.28. The van der Waals surface area contributed by atoms with Gasteiger partial charge in [-0.2, -0.15) is 0 Å². The summed E-state index contributed by atoms with van der Waals surface area (Å²) in [7, 11) is 1.70. The zero-order valence-electron chi connectivity index (χ0n) is 17.4. The van der Waals surface area contributed by atoms with Gasteiger partial charge in [0.25, 0.3) is 0 Å². The van der Waals surface area contributed by atoms with Gasteiger partial charge < -0.3 is 15.4 Å². The molecule has 5 nitrogen and oxygen atoms in total. The first kappa shape index (κ1) is 19.8. The number of aryl methyl sites for hydroxylation is 1. The highest BCUT2D eigenvalue weighted by Crippen LogP contribution is 2.35. The number of amides is 2. The minimum Gasteiger partial charge on any atom is -0.497 e. The van der Waals surface area contributed by atoms with Crippen molar-refractivity contribution in [1.29, 1.82) is 0 Å². The average molecular weight is 394 g/mol. The lowest BCUT2D eigenvalue weighted by Gasteiger charge is -2.49. The molecule has 2 heterocycles. The zero-order valence-corrected chi connectivity index (χ0v) is 17.4. The number of hydrogen-bond acceptors (Lipinski definition) is 3. The molecule has 2 aromatic rings. The third kappa shape index (κ3) is 4.73. The van der Waals surface area contributed by atoms with Gasteiger partial charge in [0.15, 0.2) is 0 Å². The molecule has 0 saturated carbocycles. The molecule has 2 amide bonds. The zero-order chi connectivity index (χ0) is 20.2. The van der Waals surface area contributed by atoms with Crippen molar-refractivity contribution in [2.75, 3.05) is 12.4 Å². The van der Waals surface area contributed by atoms with Crippen LogP contribution < -0.4 is 15.4 Å². The third-order valence-electron chi connectivity index (χ3n) is 6.38. The Morgan fingerprint density at radius 1 is 1.07 bits per heavy atom. The fraction of sp³-hybridized carbons (Fsp3) is 0.458. The van der Waals surface area contributed by atoms with E-state index >= 15 is 0 Å². The summed E-state index contributed by atoms with van der Waals surface area (Å²) in [6.45, 7) is 2.99. The highest BCUT2D eigenvalue weighted by molar-refractivity contribution is 5.90. The first-order valence-electron chi connectivity index (χ1n) is 10.6. The quantitative estimate of drug-likeness (QED) is 0.773. The second kappa shape index (κ2) is 8.87. The van der Waals surface area contributed by atoms with Gasteiger partial charge in [0.1, 0.15) is 5.75 Å². The number of urea groups is 1. The Kier molecular flexibility index (Phi) is 6.05. The molecule has 0 unspecified atom stereocenters. The average Bonchev–Trinajstić information content (AvgIpc) is 2.71. The Balaban J connectivity index is 1.36. The molecule has 2 saturated heterocycles. The number of nitrogens with one attached hydrogen (secondary N) is 2. The van der Waals surface area contributed by atoms with Crippen LogP contribution in [0.25, 0.3) is 0 Å². The van der Waals surface area contributed by atoms with E-state index in [2.05, 4.69) is 27.7 Å². The smallest absolute Gasteiger partial charge is 0.319 e. The van der Waals surface area contributed by atoms with E-state index in [1.807, 2.05) is 43.3 Å². The minimum atomic E-state index is -0.0917. The number of benzene rings is 2. The van der Waals surface area contributed by atoms with Gasteiger partial charge in [-0.3, -0.25) is 4.90 Å². The highest BCUT2D eigenvalue weighted by Gasteiger charge is 2.38. The van der Waals surface area contributed by atoms with Gasteiger partial charge in [0.05, 0.1) is 7.11 Å².